The molecule has 0 bridgehead atoms. The molecule has 1 N–H and O–H groups in total. The Morgan fingerprint density at radius 2 is 1.87 bits per heavy atom. The van der Waals surface area contributed by atoms with E-state index < -0.39 is 0 Å². The molecule has 118 valence electrons. The van der Waals surface area contributed by atoms with Gasteiger partial charge in [-0.3, -0.25) is 9.59 Å². The third-order valence-electron chi connectivity index (χ3n) is 3.82. The van der Waals surface area contributed by atoms with Crippen molar-refractivity contribution in [2.45, 2.75) is 6.42 Å². The van der Waals surface area contributed by atoms with Gasteiger partial charge in [-0.2, -0.15) is 11.8 Å². The van der Waals surface area contributed by atoms with Crippen molar-refractivity contribution in [2.75, 3.05) is 28.8 Å². The van der Waals surface area contributed by atoms with E-state index in [1.54, 1.807) is 24.3 Å². The van der Waals surface area contributed by atoms with Crippen LogP contribution < -0.4 is 10.2 Å². The van der Waals surface area contributed by atoms with Gasteiger partial charge in [0, 0.05) is 23.5 Å². The van der Waals surface area contributed by atoms with Gasteiger partial charge >= 0.3 is 0 Å². The van der Waals surface area contributed by atoms with Crippen molar-refractivity contribution in [2.24, 2.45) is 0 Å². The second-order valence-electron chi connectivity index (χ2n) is 5.39. The van der Waals surface area contributed by atoms with Crippen molar-refractivity contribution < 1.29 is 9.59 Å². The Morgan fingerprint density at radius 1 is 1.13 bits per heavy atom. The van der Waals surface area contributed by atoms with Crippen LogP contribution in [-0.4, -0.2) is 30.4 Å². The minimum Gasteiger partial charge on any atom is -0.325 e. The average Bonchev–Trinajstić information content (AvgIpc) is 2.99. The first-order valence-electron chi connectivity index (χ1n) is 7.47. The molecule has 0 spiro atoms. The van der Waals surface area contributed by atoms with Crippen LogP contribution >= 0.6 is 11.8 Å². The Labute approximate surface area is 139 Å². The van der Waals surface area contributed by atoms with Crippen LogP contribution in [-0.2, 0) is 11.2 Å². The Kier molecular flexibility index (Phi) is 4.67. The molecule has 2 aromatic rings. The number of para-hydroxylation sites is 1. The lowest BCUT2D eigenvalue weighted by atomic mass is 10.1. The molecule has 3 rings (SSSR count). The molecule has 2 aromatic carbocycles. The van der Waals surface area contributed by atoms with E-state index in [0.717, 1.165) is 12.1 Å². The largest absolute Gasteiger partial charge is 0.325 e. The number of rotatable bonds is 4. The number of hydrogen-bond donors (Lipinski definition) is 1. The molecule has 1 heterocycles. The molecular formula is C18H18N2O2S. The summed E-state index contributed by atoms with van der Waals surface area (Å²) >= 11 is 1.47. The number of fused-ring (bicyclic) bond motifs is 1. The third kappa shape index (κ3) is 3.40. The van der Waals surface area contributed by atoms with Crippen molar-refractivity contribution in [3.05, 3.63) is 59.7 Å². The highest BCUT2D eigenvalue weighted by molar-refractivity contribution is 7.99. The van der Waals surface area contributed by atoms with Crippen molar-refractivity contribution >= 4 is 35.0 Å². The van der Waals surface area contributed by atoms with Crippen LogP contribution in [0.2, 0.25) is 0 Å². The Morgan fingerprint density at radius 3 is 2.61 bits per heavy atom. The number of amides is 2. The minimum absolute atomic E-state index is 0.00283. The number of benzene rings is 2. The first-order chi connectivity index (χ1) is 11.2. The molecule has 2 amide bonds. The van der Waals surface area contributed by atoms with E-state index >= 15 is 0 Å². The van der Waals surface area contributed by atoms with E-state index in [4.69, 9.17) is 0 Å². The van der Waals surface area contributed by atoms with Gasteiger partial charge in [-0.05, 0) is 48.6 Å². The van der Waals surface area contributed by atoms with E-state index in [2.05, 4.69) is 11.4 Å². The first-order valence-corrected chi connectivity index (χ1v) is 8.87. The van der Waals surface area contributed by atoms with Crippen LogP contribution in [0.1, 0.15) is 15.9 Å². The zero-order chi connectivity index (χ0) is 16.2. The second kappa shape index (κ2) is 6.87. The van der Waals surface area contributed by atoms with Gasteiger partial charge in [-0.1, -0.05) is 18.2 Å². The van der Waals surface area contributed by atoms with Crippen molar-refractivity contribution in [1.82, 2.24) is 0 Å². The van der Waals surface area contributed by atoms with Gasteiger partial charge in [0.15, 0.2) is 0 Å². The van der Waals surface area contributed by atoms with Crippen molar-refractivity contribution in [3.8, 4) is 0 Å². The van der Waals surface area contributed by atoms with Crippen LogP contribution in [0.5, 0.6) is 0 Å². The smallest absolute Gasteiger partial charge is 0.258 e. The number of carbonyl (C=O) groups is 2. The summed E-state index contributed by atoms with van der Waals surface area (Å²) in [7, 11) is 0. The normalized spacial score (nSPS) is 12.8. The number of hydrogen-bond acceptors (Lipinski definition) is 3. The number of nitrogens with one attached hydrogen (secondary N) is 1. The summed E-state index contributed by atoms with van der Waals surface area (Å²) in [4.78, 5) is 26.1. The molecule has 0 saturated heterocycles. The first kappa shape index (κ1) is 15.6. The molecule has 1 aliphatic rings. The molecular weight excluding hydrogens is 308 g/mol. The summed E-state index contributed by atoms with van der Waals surface area (Å²) in [5.74, 6) is 0.382. The molecule has 4 nitrogen and oxygen atoms in total. The standard InChI is InChI=1S/C18H18N2O2S/c1-23-12-17(21)19-15-8-6-14(7-9-15)18(22)20-11-10-13-4-2-3-5-16(13)20/h2-9H,10-12H2,1H3,(H,19,21). The van der Waals surface area contributed by atoms with E-state index in [1.165, 1.54) is 17.3 Å². The zero-order valence-electron chi connectivity index (χ0n) is 12.9. The van der Waals surface area contributed by atoms with E-state index in [1.807, 2.05) is 29.4 Å². The monoisotopic (exact) mass is 326 g/mol. The molecule has 0 atom stereocenters. The van der Waals surface area contributed by atoms with Crippen LogP contribution in [0.15, 0.2) is 48.5 Å². The van der Waals surface area contributed by atoms with Gasteiger partial charge in [0.1, 0.15) is 0 Å². The van der Waals surface area contributed by atoms with Gasteiger partial charge in [-0.15, -0.1) is 0 Å². The molecule has 0 fully saturated rings. The Hall–Kier alpha value is -2.27. The van der Waals surface area contributed by atoms with Gasteiger partial charge in [0.05, 0.1) is 5.75 Å². The fourth-order valence-electron chi connectivity index (χ4n) is 2.73. The molecule has 0 aromatic heterocycles. The van der Waals surface area contributed by atoms with E-state index in [0.29, 0.717) is 23.5 Å². The second-order valence-corrected chi connectivity index (χ2v) is 6.26. The number of anilines is 2. The molecule has 0 aliphatic carbocycles. The van der Waals surface area contributed by atoms with Crippen molar-refractivity contribution in [1.29, 1.82) is 0 Å². The SMILES string of the molecule is CSCC(=O)Nc1ccc(C(=O)N2CCc3ccccc32)cc1. The van der Waals surface area contributed by atoms with Crippen LogP contribution in [0.4, 0.5) is 11.4 Å². The van der Waals surface area contributed by atoms with Gasteiger partial charge < -0.3 is 10.2 Å². The highest BCUT2D eigenvalue weighted by Crippen LogP contribution is 2.29. The number of nitrogens with zero attached hydrogens (tertiary/aromatic N) is 1. The average molecular weight is 326 g/mol. The number of thioether (sulfide) groups is 1. The minimum atomic E-state index is -0.0370. The summed E-state index contributed by atoms with van der Waals surface area (Å²) in [6.45, 7) is 0.713. The third-order valence-corrected chi connectivity index (χ3v) is 4.37. The van der Waals surface area contributed by atoms with Gasteiger partial charge in [0.25, 0.3) is 5.91 Å². The summed E-state index contributed by atoms with van der Waals surface area (Å²) in [5, 5.41) is 2.81. The fourth-order valence-corrected chi connectivity index (χ4v) is 3.06. The molecule has 0 saturated carbocycles. The number of carbonyl (C=O) groups excluding carboxylic acids is 2. The summed E-state index contributed by atoms with van der Waals surface area (Å²) in [5.41, 5.74) is 3.55. The highest BCUT2D eigenvalue weighted by Gasteiger charge is 2.24. The summed E-state index contributed by atoms with van der Waals surface area (Å²) < 4.78 is 0. The Balaban J connectivity index is 1.73. The fraction of sp³-hybridized carbons (Fsp3) is 0.222. The summed E-state index contributed by atoms with van der Waals surface area (Å²) in [6, 6.07) is 15.1. The van der Waals surface area contributed by atoms with E-state index in [9.17, 15) is 9.59 Å². The van der Waals surface area contributed by atoms with Crippen molar-refractivity contribution in [3.63, 3.8) is 0 Å². The highest BCUT2D eigenvalue weighted by atomic mass is 32.2. The Bertz CT molecular complexity index is 728. The predicted molar refractivity (Wildman–Crippen MR) is 95.3 cm³/mol. The van der Waals surface area contributed by atoms with Gasteiger partial charge in [-0.25, -0.2) is 0 Å². The van der Waals surface area contributed by atoms with Crippen LogP contribution in [0, 0.1) is 0 Å². The lowest BCUT2D eigenvalue weighted by Crippen LogP contribution is -2.28. The van der Waals surface area contributed by atoms with Gasteiger partial charge in [0.2, 0.25) is 5.91 Å². The maximum atomic E-state index is 12.7. The van der Waals surface area contributed by atoms with Crippen LogP contribution in [0.25, 0.3) is 0 Å². The molecule has 5 heteroatoms. The molecule has 0 unspecified atom stereocenters. The lowest BCUT2D eigenvalue weighted by molar-refractivity contribution is -0.113. The maximum Gasteiger partial charge on any atom is 0.258 e. The topological polar surface area (TPSA) is 49.4 Å². The summed E-state index contributed by atoms with van der Waals surface area (Å²) in [6.07, 6.45) is 2.78. The van der Waals surface area contributed by atoms with Crippen LogP contribution in [0.3, 0.4) is 0 Å². The quantitative estimate of drug-likeness (QED) is 0.939. The zero-order valence-corrected chi connectivity index (χ0v) is 13.7. The molecule has 0 radical (unpaired) electrons. The molecule has 1 aliphatic heterocycles. The van der Waals surface area contributed by atoms with E-state index in [-0.39, 0.29) is 11.8 Å². The maximum absolute atomic E-state index is 12.7. The predicted octanol–water partition coefficient (Wildman–Crippen LogP) is 3.19. The molecule has 23 heavy (non-hydrogen) atoms. The lowest BCUT2D eigenvalue weighted by Gasteiger charge is -2.17.